The molecule has 0 spiro atoms. The van der Waals surface area contributed by atoms with E-state index < -0.39 is 23.6 Å². The fourth-order valence-corrected chi connectivity index (χ4v) is 1.48. The zero-order valence-corrected chi connectivity index (χ0v) is 11.0. The molecule has 0 aliphatic heterocycles. The molecule has 0 bridgehead atoms. The summed E-state index contributed by atoms with van der Waals surface area (Å²) in [5, 5.41) is 2.32. The van der Waals surface area contributed by atoms with Gasteiger partial charge in [-0.25, -0.2) is 8.78 Å². The first-order chi connectivity index (χ1) is 7.82. The molecule has 94 valence electrons. The Labute approximate surface area is 107 Å². The molecule has 3 nitrogen and oxygen atoms in total. The Kier molecular flexibility index (Phi) is 4.59. The number of rotatable bonds is 3. The molecule has 0 fully saturated rings. The lowest BCUT2D eigenvalue weighted by Crippen LogP contribution is -2.39. The van der Waals surface area contributed by atoms with Crippen molar-refractivity contribution in [3.8, 4) is 0 Å². The van der Waals surface area contributed by atoms with E-state index in [1.54, 1.807) is 13.8 Å². The first-order valence-electron chi connectivity index (χ1n) is 5.04. The van der Waals surface area contributed by atoms with Crippen molar-refractivity contribution in [3.63, 3.8) is 0 Å². The van der Waals surface area contributed by atoms with Crippen LogP contribution in [-0.2, 0) is 4.79 Å². The van der Waals surface area contributed by atoms with Gasteiger partial charge in [-0.05, 0) is 27.9 Å². The molecule has 0 aliphatic rings. The predicted molar refractivity (Wildman–Crippen MR) is 65.5 cm³/mol. The van der Waals surface area contributed by atoms with Crippen LogP contribution in [0.3, 0.4) is 0 Å². The minimum absolute atomic E-state index is 0.0676. The summed E-state index contributed by atoms with van der Waals surface area (Å²) in [5.41, 5.74) is 5.51. The number of hydrogen-bond donors (Lipinski definition) is 2. The molecular formula is C11H13BrF2N2O. The van der Waals surface area contributed by atoms with Crippen molar-refractivity contribution >= 4 is 27.5 Å². The first kappa shape index (κ1) is 14.1. The van der Waals surface area contributed by atoms with Crippen LogP contribution in [0, 0.1) is 17.6 Å². The Bertz CT molecular complexity index is 438. The van der Waals surface area contributed by atoms with Gasteiger partial charge in [0.1, 0.15) is 11.6 Å². The van der Waals surface area contributed by atoms with Gasteiger partial charge in [-0.15, -0.1) is 0 Å². The molecule has 0 radical (unpaired) electrons. The Hall–Kier alpha value is -1.01. The van der Waals surface area contributed by atoms with Crippen molar-refractivity contribution in [1.29, 1.82) is 0 Å². The Morgan fingerprint density at radius 2 is 1.94 bits per heavy atom. The second kappa shape index (κ2) is 5.55. The Morgan fingerprint density at radius 3 is 2.47 bits per heavy atom. The van der Waals surface area contributed by atoms with Crippen LogP contribution in [0.15, 0.2) is 16.6 Å². The van der Waals surface area contributed by atoms with Gasteiger partial charge in [0.25, 0.3) is 0 Å². The summed E-state index contributed by atoms with van der Waals surface area (Å²) in [6.45, 7) is 3.56. The van der Waals surface area contributed by atoms with E-state index in [9.17, 15) is 13.6 Å². The number of amides is 1. The van der Waals surface area contributed by atoms with Crippen LogP contribution in [0.2, 0.25) is 0 Å². The Balaban J connectivity index is 2.89. The van der Waals surface area contributed by atoms with Gasteiger partial charge in [0, 0.05) is 6.07 Å². The fraction of sp³-hybridized carbons (Fsp3) is 0.364. The van der Waals surface area contributed by atoms with Crippen LogP contribution >= 0.6 is 15.9 Å². The number of carbonyl (C=O) groups is 1. The topological polar surface area (TPSA) is 55.1 Å². The van der Waals surface area contributed by atoms with Crippen LogP contribution in [0.4, 0.5) is 14.5 Å². The molecule has 0 saturated heterocycles. The third kappa shape index (κ3) is 3.47. The SMILES string of the molecule is CC(C)C(N)C(=O)Nc1cc(Br)c(F)cc1F. The van der Waals surface area contributed by atoms with E-state index >= 15 is 0 Å². The summed E-state index contributed by atoms with van der Waals surface area (Å²) in [6.07, 6.45) is 0. The van der Waals surface area contributed by atoms with E-state index in [0.717, 1.165) is 6.07 Å². The quantitative estimate of drug-likeness (QED) is 0.844. The van der Waals surface area contributed by atoms with Gasteiger partial charge in [0.15, 0.2) is 0 Å². The minimum atomic E-state index is -0.838. The summed E-state index contributed by atoms with van der Waals surface area (Å²) < 4.78 is 26.4. The maximum Gasteiger partial charge on any atom is 0.241 e. The summed E-state index contributed by atoms with van der Waals surface area (Å²) in [5.74, 6) is -2.14. The lowest BCUT2D eigenvalue weighted by molar-refractivity contribution is -0.118. The highest BCUT2D eigenvalue weighted by molar-refractivity contribution is 9.10. The molecule has 0 aromatic heterocycles. The minimum Gasteiger partial charge on any atom is -0.322 e. The van der Waals surface area contributed by atoms with Crippen LogP contribution in [0.1, 0.15) is 13.8 Å². The molecule has 1 rings (SSSR count). The van der Waals surface area contributed by atoms with Crippen molar-refractivity contribution in [2.45, 2.75) is 19.9 Å². The molecule has 3 N–H and O–H groups in total. The third-order valence-corrected chi connectivity index (χ3v) is 2.90. The van der Waals surface area contributed by atoms with Crippen LogP contribution in [0.25, 0.3) is 0 Å². The van der Waals surface area contributed by atoms with E-state index in [0.29, 0.717) is 6.07 Å². The van der Waals surface area contributed by atoms with Gasteiger partial charge in [0.05, 0.1) is 16.2 Å². The van der Waals surface area contributed by atoms with Crippen LogP contribution < -0.4 is 11.1 Å². The fourth-order valence-electron chi connectivity index (χ4n) is 1.14. The highest BCUT2D eigenvalue weighted by atomic mass is 79.9. The molecule has 1 aromatic rings. The molecule has 17 heavy (non-hydrogen) atoms. The monoisotopic (exact) mass is 306 g/mol. The molecule has 6 heteroatoms. The number of halogens is 3. The summed E-state index contributed by atoms with van der Waals surface area (Å²) in [7, 11) is 0. The van der Waals surface area contributed by atoms with Crippen molar-refractivity contribution in [1.82, 2.24) is 0 Å². The van der Waals surface area contributed by atoms with Crippen molar-refractivity contribution in [3.05, 3.63) is 28.2 Å². The van der Waals surface area contributed by atoms with Crippen molar-refractivity contribution < 1.29 is 13.6 Å². The second-order valence-corrected chi connectivity index (χ2v) is 4.86. The second-order valence-electron chi connectivity index (χ2n) is 4.01. The van der Waals surface area contributed by atoms with Gasteiger partial charge in [0.2, 0.25) is 5.91 Å². The van der Waals surface area contributed by atoms with Gasteiger partial charge in [-0.2, -0.15) is 0 Å². The van der Waals surface area contributed by atoms with E-state index in [4.69, 9.17) is 5.73 Å². The van der Waals surface area contributed by atoms with Crippen LogP contribution in [0.5, 0.6) is 0 Å². The zero-order valence-electron chi connectivity index (χ0n) is 9.43. The number of carbonyl (C=O) groups excluding carboxylic acids is 1. The average molecular weight is 307 g/mol. The highest BCUT2D eigenvalue weighted by Gasteiger charge is 2.19. The molecule has 1 unspecified atom stereocenters. The molecule has 1 aromatic carbocycles. The molecule has 0 heterocycles. The van der Waals surface area contributed by atoms with Gasteiger partial charge in [-0.1, -0.05) is 13.8 Å². The first-order valence-corrected chi connectivity index (χ1v) is 5.83. The predicted octanol–water partition coefficient (Wildman–Crippen LogP) is 2.65. The average Bonchev–Trinajstić information content (AvgIpc) is 2.24. The van der Waals surface area contributed by atoms with E-state index in [1.165, 1.54) is 0 Å². The molecular weight excluding hydrogens is 294 g/mol. The molecule has 0 saturated carbocycles. The smallest absolute Gasteiger partial charge is 0.241 e. The summed E-state index contributed by atoms with van der Waals surface area (Å²) in [4.78, 5) is 11.6. The standard InChI is InChI=1S/C11H13BrF2N2O/c1-5(2)10(15)11(17)16-9-3-6(12)7(13)4-8(9)14/h3-5,10H,15H2,1-2H3,(H,16,17). The number of hydrogen-bond acceptors (Lipinski definition) is 2. The zero-order chi connectivity index (χ0) is 13.2. The highest BCUT2D eigenvalue weighted by Crippen LogP contribution is 2.23. The van der Waals surface area contributed by atoms with Crippen molar-refractivity contribution in [2.24, 2.45) is 11.7 Å². The Morgan fingerprint density at radius 1 is 1.35 bits per heavy atom. The van der Waals surface area contributed by atoms with Gasteiger partial charge >= 0.3 is 0 Å². The number of nitrogens with one attached hydrogen (secondary N) is 1. The van der Waals surface area contributed by atoms with Crippen molar-refractivity contribution in [2.75, 3.05) is 5.32 Å². The van der Waals surface area contributed by atoms with E-state index in [1.807, 2.05) is 0 Å². The summed E-state index contributed by atoms with van der Waals surface area (Å²) >= 11 is 2.91. The number of nitrogens with two attached hydrogens (primary N) is 1. The maximum absolute atomic E-state index is 13.3. The lowest BCUT2D eigenvalue weighted by atomic mass is 10.0. The van der Waals surface area contributed by atoms with Gasteiger partial charge < -0.3 is 11.1 Å². The van der Waals surface area contributed by atoms with E-state index in [2.05, 4.69) is 21.2 Å². The maximum atomic E-state index is 13.3. The number of anilines is 1. The molecule has 0 aliphatic carbocycles. The molecule has 1 amide bonds. The lowest BCUT2D eigenvalue weighted by Gasteiger charge is -2.15. The van der Waals surface area contributed by atoms with Gasteiger partial charge in [-0.3, -0.25) is 4.79 Å². The van der Waals surface area contributed by atoms with Crippen LogP contribution in [-0.4, -0.2) is 11.9 Å². The molecule has 1 atom stereocenters. The summed E-state index contributed by atoms with van der Waals surface area (Å²) in [6, 6.07) is 1.12. The normalized spacial score (nSPS) is 12.6. The third-order valence-electron chi connectivity index (χ3n) is 2.29. The van der Waals surface area contributed by atoms with E-state index in [-0.39, 0.29) is 16.1 Å². The number of benzene rings is 1. The largest absolute Gasteiger partial charge is 0.322 e.